The molecule has 0 fully saturated rings. The van der Waals surface area contributed by atoms with Gasteiger partial charge in [-0.05, 0) is 38.1 Å². The molecule has 0 aliphatic heterocycles. The van der Waals surface area contributed by atoms with Crippen LogP contribution in [0.5, 0.6) is 17.2 Å². The highest BCUT2D eigenvalue weighted by Crippen LogP contribution is 2.33. The van der Waals surface area contributed by atoms with Gasteiger partial charge < -0.3 is 19.5 Å². The maximum absolute atomic E-state index is 12.9. The Bertz CT molecular complexity index is 961. The summed E-state index contributed by atoms with van der Waals surface area (Å²) in [5.74, 6) is 0.810. The number of carbonyl (C=O) groups is 1. The van der Waals surface area contributed by atoms with Crippen molar-refractivity contribution in [3.63, 3.8) is 0 Å². The molecule has 2 aromatic rings. The summed E-state index contributed by atoms with van der Waals surface area (Å²) >= 11 is 0. The Morgan fingerprint density at radius 1 is 1.07 bits per heavy atom. The van der Waals surface area contributed by atoms with Gasteiger partial charge in [0.1, 0.15) is 11.8 Å². The van der Waals surface area contributed by atoms with E-state index in [1.807, 2.05) is 6.92 Å². The molecule has 158 valence electrons. The monoisotopic (exact) mass is 422 g/mol. The third-order valence-electron chi connectivity index (χ3n) is 4.15. The number of nitrogens with zero attached hydrogens (tertiary/aromatic N) is 1. The fraction of sp³-hybridized carbons (Fsp3) is 0.350. The molecule has 2 aromatic carbocycles. The van der Waals surface area contributed by atoms with Gasteiger partial charge >= 0.3 is 0 Å². The molecular weight excluding hydrogens is 396 g/mol. The van der Waals surface area contributed by atoms with Gasteiger partial charge in [-0.15, -0.1) is 0 Å². The van der Waals surface area contributed by atoms with Gasteiger partial charge in [-0.3, -0.25) is 9.10 Å². The van der Waals surface area contributed by atoms with E-state index in [0.717, 1.165) is 10.6 Å². The van der Waals surface area contributed by atoms with Crippen molar-refractivity contribution in [3.05, 3.63) is 42.5 Å². The predicted octanol–water partition coefficient (Wildman–Crippen LogP) is 2.90. The molecule has 2 rings (SSSR count). The number of hydrogen-bond acceptors (Lipinski definition) is 6. The van der Waals surface area contributed by atoms with Crippen molar-refractivity contribution in [1.29, 1.82) is 0 Å². The first kappa shape index (κ1) is 22.4. The number of ether oxygens (including phenoxy) is 3. The van der Waals surface area contributed by atoms with Crippen LogP contribution in [0.15, 0.2) is 42.5 Å². The number of hydrogen-bond donors (Lipinski definition) is 1. The van der Waals surface area contributed by atoms with Gasteiger partial charge in [-0.2, -0.15) is 0 Å². The van der Waals surface area contributed by atoms with Crippen molar-refractivity contribution in [2.45, 2.75) is 19.9 Å². The third-order valence-corrected chi connectivity index (χ3v) is 5.40. The lowest BCUT2D eigenvalue weighted by Crippen LogP contribution is -2.45. The van der Waals surface area contributed by atoms with Crippen molar-refractivity contribution in [2.24, 2.45) is 0 Å². The van der Waals surface area contributed by atoms with Crippen molar-refractivity contribution < 1.29 is 27.4 Å². The standard InChI is InChI=1S/C20H26N2O6S/c1-6-28-17-10-8-7-9-16(17)21-20(23)14(2)22(29(5,24)25)15-11-12-18(26-3)19(13-15)27-4/h7-14H,6H2,1-5H3,(H,21,23)/t14-/m0/s1. The van der Waals surface area contributed by atoms with E-state index in [1.165, 1.54) is 27.2 Å². The van der Waals surface area contributed by atoms with Crippen LogP contribution in [0.1, 0.15) is 13.8 Å². The van der Waals surface area contributed by atoms with Gasteiger partial charge in [0.2, 0.25) is 15.9 Å². The molecule has 0 radical (unpaired) electrons. The summed E-state index contributed by atoms with van der Waals surface area (Å²) in [5, 5.41) is 2.74. The Hall–Kier alpha value is -2.94. The van der Waals surface area contributed by atoms with Crippen LogP contribution in [-0.2, 0) is 14.8 Å². The van der Waals surface area contributed by atoms with E-state index in [4.69, 9.17) is 14.2 Å². The predicted molar refractivity (Wildman–Crippen MR) is 113 cm³/mol. The lowest BCUT2D eigenvalue weighted by atomic mass is 10.2. The van der Waals surface area contributed by atoms with Crippen molar-refractivity contribution in [2.75, 3.05) is 36.7 Å². The first-order chi connectivity index (χ1) is 13.7. The summed E-state index contributed by atoms with van der Waals surface area (Å²) in [5.41, 5.74) is 0.748. The second-order valence-electron chi connectivity index (χ2n) is 6.19. The lowest BCUT2D eigenvalue weighted by Gasteiger charge is -2.29. The highest BCUT2D eigenvalue weighted by Gasteiger charge is 2.30. The van der Waals surface area contributed by atoms with Crippen LogP contribution in [0.25, 0.3) is 0 Å². The minimum absolute atomic E-state index is 0.283. The topological polar surface area (TPSA) is 94.2 Å². The molecule has 0 aromatic heterocycles. The summed E-state index contributed by atoms with van der Waals surface area (Å²) < 4.78 is 42.0. The Kier molecular flexibility index (Phi) is 7.33. The van der Waals surface area contributed by atoms with Crippen molar-refractivity contribution >= 4 is 27.3 Å². The van der Waals surface area contributed by atoms with Crippen LogP contribution in [0.2, 0.25) is 0 Å². The Balaban J connectivity index is 2.38. The highest BCUT2D eigenvalue weighted by atomic mass is 32.2. The van der Waals surface area contributed by atoms with Crippen molar-refractivity contribution in [3.8, 4) is 17.2 Å². The molecule has 1 atom stereocenters. The smallest absolute Gasteiger partial charge is 0.248 e. The summed E-state index contributed by atoms with van der Waals surface area (Å²) in [7, 11) is -0.839. The number of amides is 1. The van der Waals surface area contributed by atoms with E-state index in [9.17, 15) is 13.2 Å². The maximum Gasteiger partial charge on any atom is 0.248 e. The third kappa shape index (κ3) is 5.32. The zero-order valence-corrected chi connectivity index (χ0v) is 17.9. The summed E-state index contributed by atoms with van der Waals surface area (Å²) in [6.45, 7) is 3.78. The normalized spacial score (nSPS) is 12.0. The molecule has 0 spiro atoms. The molecule has 0 heterocycles. The maximum atomic E-state index is 12.9. The van der Waals surface area contributed by atoms with Crippen LogP contribution in [0, 0.1) is 0 Å². The first-order valence-corrected chi connectivity index (χ1v) is 10.8. The fourth-order valence-electron chi connectivity index (χ4n) is 2.86. The quantitative estimate of drug-likeness (QED) is 0.668. The molecule has 0 saturated heterocycles. The number of anilines is 2. The average molecular weight is 423 g/mol. The van der Waals surface area contributed by atoms with Gasteiger partial charge in [0.25, 0.3) is 0 Å². The second kappa shape index (κ2) is 9.51. The summed E-state index contributed by atoms with van der Waals surface area (Å²) in [4.78, 5) is 12.9. The highest BCUT2D eigenvalue weighted by molar-refractivity contribution is 7.92. The number of nitrogens with one attached hydrogen (secondary N) is 1. The van der Waals surface area contributed by atoms with Crippen LogP contribution in [0.3, 0.4) is 0 Å². The molecular formula is C20H26N2O6S. The minimum Gasteiger partial charge on any atom is -0.493 e. The number of carbonyl (C=O) groups excluding carboxylic acids is 1. The Morgan fingerprint density at radius 3 is 2.31 bits per heavy atom. The molecule has 1 amide bonds. The first-order valence-electron chi connectivity index (χ1n) is 8.97. The largest absolute Gasteiger partial charge is 0.493 e. The second-order valence-corrected chi connectivity index (χ2v) is 8.05. The van der Waals surface area contributed by atoms with Crippen LogP contribution < -0.4 is 23.8 Å². The van der Waals surface area contributed by atoms with Crippen molar-refractivity contribution in [1.82, 2.24) is 0 Å². The van der Waals surface area contributed by atoms with Gasteiger partial charge in [0, 0.05) is 6.07 Å². The van der Waals surface area contributed by atoms with Gasteiger partial charge in [0.05, 0.1) is 38.5 Å². The van der Waals surface area contributed by atoms with E-state index in [-0.39, 0.29) is 5.69 Å². The molecule has 0 bridgehead atoms. The summed E-state index contributed by atoms with van der Waals surface area (Å²) in [6, 6.07) is 10.6. The van der Waals surface area contributed by atoms with Crippen LogP contribution >= 0.6 is 0 Å². The molecule has 0 unspecified atom stereocenters. The van der Waals surface area contributed by atoms with Crippen LogP contribution in [0.4, 0.5) is 11.4 Å². The molecule has 29 heavy (non-hydrogen) atoms. The number of benzene rings is 2. The van der Waals surface area contributed by atoms with Crippen LogP contribution in [-0.4, -0.2) is 47.4 Å². The zero-order chi connectivity index (χ0) is 21.6. The number of para-hydroxylation sites is 2. The molecule has 0 saturated carbocycles. The molecule has 8 nitrogen and oxygen atoms in total. The SMILES string of the molecule is CCOc1ccccc1NC(=O)[C@H](C)N(c1ccc(OC)c(OC)c1)S(C)(=O)=O. The van der Waals surface area contributed by atoms with E-state index >= 15 is 0 Å². The average Bonchev–Trinajstić information content (AvgIpc) is 2.68. The van der Waals surface area contributed by atoms with E-state index in [1.54, 1.807) is 36.4 Å². The fourth-order valence-corrected chi connectivity index (χ4v) is 4.03. The Labute approximate surface area is 171 Å². The number of rotatable bonds is 9. The molecule has 1 N–H and O–H groups in total. The summed E-state index contributed by atoms with van der Waals surface area (Å²) in [6.07, 6.45) is 1.04. The number of methoxy groups -OCH3 is 2. The molecule has 9 heteroatoms. The molecule has 0 aliphatic carbocycles. The van der Waals surface area contributed by atoms with Gasteiger partial charge in [-0.25, -0.2) is 8.42 Å². The lowest BCUT2D eigenvalue weighted by molar-refractivity contribution is -0.116. The molecule has 0 aliphatic rings. The zero-order valence-electron chi connectivity index (χ0n) is 17.1. The van der Waals surface area contributed by atoms with Gasteiger partial charge in [-0.1, -0.05) is 12.1 Å². The number of sulfonamides is 1. The minimum atomic E-state index is -3.77. The van der Waals surface area contributed by atoms with E-state index in [2.05, 4.69) is 5.32 Å². The van der Waals surface area contributed by atoms with E-state index in [0.29, 0.717) is 29.5 Å². The Morgan fingerprint density at radius 2 is 1.72 bits per heavy atom. The van der Waals surface area contributed by atoms with E-state index < -0.39 is 22.0 Å². The van der Waals surface area contributed by atoms with Gasteiger partial charge in [0.15, 0.2) is 11.5 Å².